The van der Waals surface area contributed by atoms with Crippen LogP contribution in [0.5, 0.6) is 0 Å². The lowest BCUT2D eigenvalue weighted by Gasteiger charge is -2.33. The highest BCUT2D eigenvalue weighted by Crippen LogP contribution is 2.46. The molecule has 4 heteroatoms. The number of carbonyl (C=O) groups is 1. The molecule has 1 aliphatic heterocycles. The molecule has 0 spiro atoms. The van der Waals surface area contributed by atoms with Crippen LogP contribution in [0, 0.1) is 5.41 Å². The van der Waals surface area contributed by atoms with E-state index in [0.29, 0.717) is 11.9 Å². The monoisotopic (exact) mass is 218 g/mol. The summed E-state index contributed by atoms with van der Waals surface area (Å²) in [7, 11) is 0. The van der Waals surface area contributed by atoms with Crippen molar-refractivity contribution in [3.8, 4) is 0 Å². The summed E-state index contributed by atoms with van der Waals surface area (Å²) in [6, 6.07) is 0.458. The number of amides is 1. The Kier molecular flexibility index (Phi) is 3.43. The number of rotatable bonds is 1. The number of carbonyl (C=O) groups excluding carboxylic acids is 1. The fourth-order valence-corrected chi connectivity index (χ4v) is 1.90. The predicted molar refractivity (Wildman–Crippen MR) is 58.6 cm³/mol. The third-order valence-electron chi connectivity index (χ3n) is 3.17. The second kappa shape index (κ2) is 4.07. The summed E-state index contributed by atoms with van der Waals surface area (Å²) >= 11 is 0. The highest BCUT2D eigenvalue weighted by Gasteiger charge is 2.47. The molecule has 2 rings (SSSR count). The number of hydrogen-bond acceptors (Lipinski definition) is 2. The Morgan fingerprint density at radius 2 is 2.14 bits per heavy atom. The largest absolute Gasteiger partial charge is 0.339 e. The van der Waals surface area contributed by atoms with Crippen molar-refractivity contribution in [2.45, 2.75) is 32.7 Å². The normalized spacial score (nSPS) is 29.3. The number of halogens is 1. The topological polar surface area (TPSA) is 32.3 Å². The van der Waals surface area contributed by atoms with Crippen LogP contribution >= 0.6 is 12.4 Å². The van der Waals surface area contributed by atoms with Gasteiger partial charge in [0.05, 0.1) is 0 Å². The minimum Gasteiger partial charge on any atom is -0.339 e. The summed E-state index contributed by atoms with van der Waals surface area (Å²) in [6.45, 7) is 6.94. The van der Waals surface area contributed by atoms with Gasteiger partial charge in [0.15, 0.2) is 0 Å². The fourth-order valence-electron chi connectivity index (χ4n) is 1.90. The number of piperazine rings is 1. The van der Waals surface area contributed by atoms with Crippen LogP contribution in [0.1, 0.15) is 26.7 Å². The van der Waals surface area contributed by atoms with Crippen LogP contribution in [0.15, 0.2) is 0 Å². The summed E-state index contributed by atoms with van der Waals surface area (Å²) in [4.78, 5) is 13.9. The average Bonchev–Trinajstić information content (AvgIpc) is 2.84. The molecule has 1 saturated carbocycles. The lowest BCUT2D eigenvalue weighted by Crippen LogP contribution is -2.52. The molecule has 2 aliphatic rings. The molecule has 1 N–H and O–H groups in total. The smallest absolute Gasteiger partial charge is 0.228 e. The highest BCUT2D eigenvalue weighted by molar-refractivity contribution is 5.85. The van der Waals surface area contributed by atoms with Crippen LogP contribution in [0.3, 0.4) is 0 Å². The van der Waals surface area contributed by atoms with Gasteiger partial charge in [-0.3, -0.25) is 4.79 Å². The molecule has 1 atom stereocenters. The quantitative estimate of drug-likeness (QED) is 0.713. The predicted octanol–water partition coefficient (Wildman–Crippen LogP) is 1.03. The van der Waals surface area contributed by atoms with Crippen molar-refractivity contribution in [3.05, 3.63) is 0 Å². The molecular formula is C10H19ClN2O. The van der Waals surface area contributed by atoms with Gasteiger partial charge in [0.25, 0.3) is 0 Å². The Hall–Kier alpha value is -0.280. The summed E-state index contributed by atoms with van der Waals surface area (Å²) < 4.78 is 0. The molecule has 1 amide bonds. The molecule has 1 aliphatic carbocycles. The molecule has 2 fully saturated rings. The minimum atomic E-state index is 0. The van der Waals surface area contributed by atoms with E-state index in [0.717, 1.165) is 32.5 Å². The number of nitrogens with zero attached hydrogens (tertiary/aromatic N) is 1. The van der Waals surface area contributed by atoms with E-state index in [4.69, 9.17) is 0 Å². The van der Waals surface area contributed by atoms with Crippen molar-refractivity contribution in [2.75, 3.05) is 19.6 Å². The first-order valence-electron chi connectivity index (χ1n) is 5.15. The van der Waals surface area contributed by atoms with Gasteiger partial charge in [0.2, 0.25) is 5.91 Å². The third kappa shape index (κ3) is 2.20. The zero-order valence-corrected chi connectivity index (χ0v) is 9.69. The maximum Gasteiger partial charge on any atom is 0.228 e. The number of nitrogens with one attached hydrogen (secondary N) is 1. The average molecular weight is 219 g/mol. The maximum atomic E-state index is 11.9. The molecule has 0 unspecified atom stereocenters. The van der Waals surface area contributed by atoms with E-state index < -0.39 is 0 Å². The lowest BCUT2D eigenvalue weighted by molar-refractivity contribution is -0.137. The van der Waals surface area contributed by atoms with Crippen molar-refractivity contribution >= 4 is 18.3 Å². The van der Waals surface area contributed by atoms with Crippen LogP contribution in [-0.2, 0) is 4.79 Å². The van der Waals surface area contributed by atoms with E-state index in [1.165, 1.54) is 0 Å². The first kappa shape index (κ1) is 11.8. The molecule has 1 heterocycles. The van der Waals surface area contributed by atoms with Crippen LogP contribution < -0.4 is 5.32 Å². The van der Waals surface area contributed by atoms with Gasteiger partial charge >= 0.3 is 0 Å². The van der Waals surface area contributed by atoms with E-state index in [2.05, 4.69) is 19.2 Å². The van der Waals surface area contributed by atoms with Crippen LogP contribution in [0.25, 0.3) is 0 Å². The van der Waals surface area contributed by atoms with E-state index >= 15 is 0 Å². The van der Waals surface area contributed by atoms with Crippen LogP contribution in [-0.4, -0.2) is 36.5 Å². The van der Waals surface area contributed by atoms with E-state index in [9.17, 15) is 4.79 Å². The molecule has 0 radical (unpaired) electrons. The van der Waals surface area contributed by atoms with Gasteiger partial charge in [-0.1, -0.05) is 6.92 Å². The van der Waals surface area contributed by atoms with Gasteiger partial charge in [0, 0.05) is 31.1 Å². The van der Waals surface area contributed by atoms with Crippen LogP contribution in [0.2, 0.25) is 0 Å². The van der Waals surface area contributed by atoms with Crippen molar-refractivity contribution < 1.29 is 4.79 Å². The van der Waals surface area contributed by atoms with Crippen molar-refractivity contribution in [2.24, 2.45) is 5.41 Å². The Balaban J connectivity index is 0.000000980. The summed E-state index contributed by atoms with van der Waals surface area (Å²) in [5.74, 6) is 0.376. The third-order valence-corrected chi connectivity index (χ3v) is 3.17. The lowest BCUT2D eigenvalue weighted by atomic mass is 10.1. The Morgan fingerprint density at radius 3 is 2.64 bits per heavy atom. The van der Waals surface area contributed by atoms with Gasteiger partial charge < -0.3 is 10.2 Å². The molecule has 14 heavy (non-hydrogen) atoms. The fraction of sp³-hybridized carbons (Fsp3) is 0.900. The first-order valence-corrected chi connectivity index (χ1v) is 5.15. The van der Waals surface area contributed by atoms with Crippen molar-refractivity contribution in [3.63, 3.8) is 0 Å². The molecule has 3 nitrogen and oxygen atoms in total. The maximum absolute atomic E-state index is 11.9. The molecule has 82 valence electrons. The highest BCUT2D eigenvalue weighted by atomic mass is 35.5. The van der Waals surface area contributed by atoms with Gasteiger partial charge in [-0.15, -0.1) is 12.4 Å². The Labute approximate surface area is 91.6 Å². The Morgan fingerprint density at radius 1 is 1.50 bits per heavy atom. The standard InChI is InChI=1S/C10H18N2O.ClH/c1-8-7-12(6-5-11-8)9(13)10(2)3-4-10;/h8,11H,3-7H2,1-2H3;1H/t8-;/m0./s1. The van der Waals surface area contributed by atoms with Gasteiger partial charge in [0.1, 0.15) is 0 Å². The van der Waals surface area contributed by atoms with Gasteiger partial charge in [-0.25, -0.2) is 0 Å². The first-order chi connectivity index (χ1) is 6.12. The molecule has 1 saturated heterocycles. The molecular weight excluding hydrogens is 200 g/mol. The van der Waals surface area contributed by atoms with E-state index in [1.54, 1.807) is 0 Å². The molecule has 0 aromatic heterocycles. The Bertz CT molecular complexity index is 228. The zero-order chi connectivity index (χ0) is 9.47. The molecule has 0 aromatic carbocycles. The van der Waals surface area contributed by atoms with Gasteiger partial charge in [-0.05, 0) is 19.8 Å². The van der Waals surface area contributed by atoms with Crippen molar-refractivity contribution in [1.82, 2.24) is 10.2 Å². The van der Waals surface area contributed by atoms with Crippen molar-refractivity contribution in [1.29, 1.82) is 0 Å². The summed E-state index contributed by atoms with van der Waals surface area (Å²) in [6.07, 6.45) is 2.17. The minimum absolute atomic E-state index is 0. The van der Waals surface area contributed by atoms with Crippen LogP contribution in [0.4, 0.5) is 0 Å². The SMILES string of the molecule is C[C@H]1CN(C(=O)C2(C)CC2)CCN1.Cl. The second-order valence-corrected chi connectivity index (χ2v) is 4.67. The summed E-state index contributed by atoms with van der Waals surface area (Å²) in [5.41, 5.74) is 0.0110. The number of hydrogen-bond donors (Lipinski definition) is 1. The molecule has 0 aromatic rings. The molecule has 0 bridgehead atoms. The summed E-state index contributed by atoms with van der Waals surface area (Å²) in [5, 5.41) is 3.34. The zero-order valence-electron chi connectivity index (χ0n) is 8.88. The second-order valence-electron chi connectivity index (χ2n) is 4.67. The van der Waals surface area contributed by atoms with E-state index in [-0.39, 0.29) is 17.8 Å². The van der Waals surface area contributed by atoms with Gasteiger partial charge in [-0.2, -0.15) is 0 Å². The van der Waals surface area contributed by atoms with E-state index in [1.807, 2.05) is 4.90 Å².